The van der Waals surface area contributed by atoms with Crippen molar-refractivity contribution < 1.29 is 4.79 Å². The average Bonchev–Trinajstić information content (AvgIpc) is 2.99. The third-order valence-electron chi connectivity index (χ3n) is 4.16. The third kappa shape index (κ3) is 2.09. The number of anilines is 1. The Kier molecular flexibility index (Phi) is 2.97. The Hall–Kier alpha value is -1.17. The van der Waals surface area contributed by atoms with Crippen molar-refractivity contribution in [3.05, 3.63) is 5.51 Å². The van der Waals surface area contributed by atoms with Crippen LogP contribution in [0, 0.1) is 5.41 Å². The summed E-state index contributed by atoms with van der Waals surface area (Å²) in [7, 11) is 0. The van der Waals surface area contributed by atoms with Gasteiger partial charge in [-0.15, -0.1) is 10.2 Å². The average molecular weight is 266 g/mol. The summed E-state index contributed by atoms with van der Waals surface area (Å²) < 4.78 is 0. The van der Waals surface area contributed by atoms with E-state index in [0.29, 0.717) is 0 Å². The maximum Gasteiger partial charge on any atom is 0.219 e. The van der Waals surface area contributed by atoms with Gasteiger partial charge in [0.25, 0.3) is 0 Å². The van der Waals surface area contributed by atoms with Crippen LogP contribution in [0.2, 0.25) is 0 Å². The smallest absolute Gasteiger partial charge is 0.219 e. The number of carbonyl (C=O) groups excluding carboxylic acids is 1. The van der Waals surface area contributed by atoms with Gasteiger partial charge in [-0.25, -0.2) is 0 Å². The highest BCUT2D eigenvalue weighted by atomic mass is 32.1. The van der Waals surface area contributed by atoms with Crippen molar-refractivity contribution in [3.63, 3.8) is 0 Å². The van der Waals surface area contributed by atoms with Gasteiger partial charge in [-0.3, -0.25) is 4.79 Å². The van der Waals surface area contributed by atoms with Gasteiger partial charge in [-0.05, 0) is 19.3 Å². The number of hydrogen-bond donors (Lipinski definition) is 0. The fourth-order valence-electron chi connectivity index (χ4n) is 3.21. The highest BCUT2D eigenvalue weighted by Gasteiger charge is 2.42. The second kappa shape index (κ2) is 4.50. The van der Waals surface area contributed by atoms with E-state index in [-0.39, 0.29) is 11.3 Å². The van der Waals surface area contributed by atoms with Gasteiger partial charge in [-0.2, -0.15) is 0 Å². The Morgan fingerprint density at radius 1 is 1.39 bits per heavy atom. The zero-order chi connectivity index (χ0) is 12.6. The van der Waals surface area contributed by atoms with Crippen LogP contribution in [0.15, 0.2) is 5.51 Å². The molecule has 5 nitrogen and oxygen atoms in total. The SMILES string of the molecule is CC(=O)N1CCCC2(CCN(c3nncs3)C2)C1. The fraction of sp³-hybridized carbons (Fsp3) is 0.750. The summed E-state index contributed by atoms with van der Waals surface area (Å²) >= 11 is 1.60. The quantitative estimate of drug-likeness (QED) is 0.770. The molecule has 2 aliphatic heterocycles. The molecule has 0 N–H and O–H groups in total. The van der Waals surface area contributed by atoms with Gasteiger partial charge in [0.05, 0.1) is 0 Å². The lowest BCUT2D eigenvalue weighted by Crippen LogP contribution is -2.46. The molecular weight excluding hydrogens is 248 g/mol. The van der Waals surface area contributed by atoms with Crippen molar-refractivity contribution in [2.75, 3.05) is 31.1 Å². The molecule has 3 rings (SSSR count). The largest absolute Gasteiger partial charge is 0.346 e. The normalized spacial score (nSPS) is 28.1. The zero-order valence-electron chi connectivity index (χ0n) is 10.6. The summed E-state index contributed by atoms with van der Waals surface area (Å²) in [5.41, 5.74) is 2.07. The lowest BCUT2D eigenvalue weighted by Gasteiger charge is -2.39. The minimum absolute atomic E-state index is 0.212. The molecule has 0 saturated carbocycles. The van der Waals surface area contributed by atoms with Crippen molar-refractivity contribution in [3.8, 4) is 0 Å². The maximum absolute atomic E-state index is 11.5. The summed E-state index contributed by atoms with van der Waals surface area (Å²) in [6.45, 7) is 5.58. The molecule has 98 valence electrons. The van der Waals surface area contributed by atoms with Gasteiger partial charge in [0.15, 0.2) is 0 Å². The minimum atomic E-state index is 0.212. The highest BCUT2D eigenvalue weighted by molar-refractivity contribution is 7.13. The lowest BCUT2D eigenvalue weighted by molar-refractivity contribution is -0.132. The van der Waals surface area contributed by atoms with Crippen LogP contribution in [0.3, 0.4) is 0 Å². The topological polar surface area (TPSA) is 49.3 Å². The third-order valence-corrected chi connectivity index (χ3v) is 4.91. The van der Waals surface area contributed by atoms with Gasteiger partial charge in [-0.1, -0.05) is 11.3 Å². The van der Waals surface area contributed by atoms with E-state index in [1.54, 1.807) is 23.8 Å². The number of rotatable bonds is 1. The van der Waals surface area contributed by atoms with Gasteiger partial charge in [0, 0.05) is 38.5 Å². The second-order valence-electron chi connectivity index (χ2n) is 5.44. The fourth-order valence-corrected chi connectivity index (χ4v) is 3.80. The standard InChI is InChI=1S/C12H18N4OS/c1-10(17)15-5-2-3-12(7-15)4-6-16(8-12)11-14-13-9-18-11/h9H,2-8H2,1H3. The van der Waals surface area contributed by atoms with Crippen molar-refractivity contribution in [2.45, 2.75) is 26.2 Å². The van der Waals surface area contributed by atoms with E-state index in [2.05, 4.69) is 15.1 Å². The number of piperidine rings is 1. The Balaban J connectivity index is 1.71. The van der Waals surface area contributed by atoms with Crippen LogP contribution in [0.1, 0.15) is 26.2 Å². The van der Waals surface area contributed by atoms with Crippen LogP contribution in [-0.4, -0.2) is 47.2 Å². The Morgan fingerprint density at radius 2 is 2.28 bits per heavy atom. The van der Waals surface area contributed by atoms with Crippen LogP contribution < -0.4 is 4.90 Å². The molecule has 0 aromatic carbocycles. The summed E-state index contributed by atoms with van der Waals surface area (Å²) in [5, 5.41) is 9.07. The molecule has 2 aliphatic rings. The van der Waals surface area contributed by atoms with Gasteiger partial charge >= 0.3 is 0 Å². The summed E-state index contributed by atoms with van der Waals surface area (Å²) in [6, 6.07) is 0. The second-order valence-corrected chi connectivity index (χ2v) is 6.25. The van der Waals surface area contributed by atoms with Crippen molar-refractivity contribution >= 4 is 22.4 Å². The number of likely N-dealkylation sites (tertiary alicyclic amines) is 1. The van der Waals surface area contributed by atoms with E-state index < -0.39 is 0 Å². The van der Waals surface area contributed by atoms with Crippen LogP contribution in [0.25, 0.3) is 0 Å². The molecule has 1 spiro atoms. The van der Waals surface area contributed by atoms with Crippen LogP contribution in [0.4, 0.5) is 5.13 Å². The van der Waals surface area contributed by atoms with E-state index in [0.717, 1.165) is 44.2 Å². The number of hydrogen-bond acceptors (Lipinski definition) is 5. The molecule has 0 bridgehead atoms. The molecule has 3 heterocycles. The van der Waals surface area contributed by atoms with E-state index in [1.165, 1.54) is 6.42 Å². The van der Waals surface area contributed by atoms with E-state index >= 15 is 0 Å². The number of nitrogens with zero attached hydrogens (tertiary/aromatic N) is 4. The van der Waals surface area contributed by atoms with Crippen molar-refractivity contribution in [1.29, 1.82) is 0 Å². The van der Waals surface area contributed by atoms with E-state index in [1.807, 2.05) is 4.90 Å². The predicted molar refractivity (Wildman–Crippen MR) is 70.7 cm³/mol. The molecule has 1 unspecified atom stereocenters. The molecule has 1 atom stereocenters. The number of aromatic nitrogens is 2. The van der Waals surface area contributed by atoms with Gasteiger partial charge in [0.1, 0.15) is 5.51 Å². The summed E-state index contributed by atoms with van der Waals surface area (Å²) in [5.74, 6) is 0.212. The molecule has 1 aromatic heterocycles. The molecule has 2 fully saturated rings. The van der Waals surface area contributed by atoms with Gasteiger partial charge < -0.3 is 9.80 Å². The predicted octanol–water partition coefficient (Wildman–Crippen LogP) is 1.38. The van der Waals surface area contributed by atoms with E-state index in [4.69, 9.17) is 0 Å². The summed E-state index contributed by atoms with van der Waals surface area (Å²) in [6.07, 6.45) is 3.52. The number of carbonyl (C=O) groups is 1. The monoisotopic (exact) mass is 266 g/mol. The first kappa shape index (κ1) is 11.9. The lowest BCUT2D eigenvalue weighted by atomic mass is 9.79. The Labute approximate surface area is 111 Å². The molecular formula is C12H18N4OS. The first-order valence-electron chi connectivity index (χ1n) is 6.45. The van der Waals surface area contributed by atoms with Crippen molar-refractivity contribution in [2.24, 2.45) is 5.41 Å². The van der Waals surface area contributed by atoms with Crippen LogP contribution in [0.5, 0.6) is 0 Å². The van der Waals surface area contributed by atoms with Crippen LogP contribution >= 0.6 is 11.3 Å². The number of amides is 1. The molecule has 6 heteroatoms. The maximum atomic E-state index is 11.5. The molecule has 1 amide bonds. The van der Waals surface area contributed by atoms with Crippen LogP contribution in [-0.2, 0) is 4.79 Å². The summed E-state index contributed by atoms with van der Waals surface area (Å²) in [4.78, 5) is 15.9. The minimum Gasteiger partial charge on any atom is -0.346 e. The van der Waals surface area contributed by atoms with Gasteiger partial charge in [0.2, 0.25) is 11.0 Å². The molecule has 1 aromatic rings. The first-order chi connectivity index (χ1) is 8.69. The van der Waals surface area contributed by atoms with E-state index in [9.17, 15) is 4.79 Å². The molecule has 18 heavy (non-hydrogen) atoms. The highest BCUT2D eigenvalue weighted by Crippen LogP contribution is 2.40. The zero-order valence-corrected chi connectivity index (χ0v) is 11.4. The Bertz CT molecular complexity index is 435. The van der Waals surface area contributed by atoms with Crippen molar-refractivity contribution in [1.82, 2.24) is 15.1 Å². The molecule has 0 aliphatic carbocycles. The Morgan fingerprint density at radius 3 is 3.00 bits per heavy atom. The first-order valence-corrected chi connectivity index (χ1v) is 7.33. The molecule has 0 radical (unpaired) electrons. The molecule has 2 saturated heterocycles.